The molecule has 2 aromatic rings. The van der Waals surface area contributed by atoms with Crippen molar-refractivity contribution in [3.63, 3.8) is 0 Å². The summed E-state index contributed by atoms with van der Waals surface area (Å²) in [5.74, 6) is 1.29. The second kappa shape index (κ2) is 5.66. The van der Waals surface area contributed by atoms with E-state index in [1.165, 1.54) is 19.3 Å². The highest BCUT2D eigenvalue weighted by Gasteiger charge is 2.19. The van der Waals surface area contributed by atoms with Gasteiger partial charge in [0.25, 0.3) is 0 Å². The standard InChI is InChI=1S/C18H20O2/c1-2-7-14-10-6-11-15-16(19)12-17(20-18(14)15)13-8-4-3-5-9-13/h2,6-7,10-13H,3-5,8-9H2,1H3. The van der Waals surface area contributed by atoms with Crippen LogP contribution in [0.2, 0.25) is 0 Å². The maximum atomic E-state index is 12.3. The average Bonchev–Trinajstić information content (AvgIpc) is 2.49. The fraction of sp³-hybridized carbons (Fsp3) is 0.389. The Hall–Kier alpha value is -1.83. The Morgan fingerprint density at radius 2 is 2.00 bits per heavy atom. The fourth-order valence-corrected chi connectivity index (χ4v) is 3.12. The Balaban J connectivity index is 2.15. The van der Waals surface area contributed by atoms with Crippen LogP contribution in [0.5, 0.6) is 0 Å². The molecule has 1 saturated carbocycles. The van der Waals surface area contributed by atoms with Gasteiger partial charge in [-0.25, -0.2) is 0 Å². The van der Waals surface area contributed by atoms with Gasteiger partial charge >= 0.3 is 0 Å². The molecule has 1 fully saturated rings. The summed E-state index contributed by atoms with van der Waals surface area (Å²) in [6.45, 7) is 1.97. The highest BCUT2D eigenvalue weighted by molar-refractivity contribution is 5.85. The van der Waals surface area contributed by atoms with Gasteiger partial charge in [-0.15, -0.1) is 0 Å². The molecule has 0 bridgehead atoms. The van der Waals surface area contributed by atoms with Crippen molar-refractivity contribution in [1.29, 1.82) is 0 Å². The maximum Gasteiger partial charge on any atom is 0.192 e. The molecule has 1 aromatic carbocycles. The van der Waals surface area contributed by atoms with E-state index in [0.717, 1.165) is 29.7 Å². The molecule has 0 spiro atoms. The lowest BCUT2D eigenvalue weighted by Crippen LogP contribution is -2.09. The van der Waals surface area contributed by atoms with Crippen LogP contribution < -0.4 is 5.43 Å². The summed E-state index contributed by atoms with van der Waals surface area (Å²) < 4.78 is 6.11. The minimum absolute atomic E-state index is 0.0816. The number of allylic oxidation sites excluding steroid dienone is 1. The maximum absolute atomic E-state index is 12.3. The summed E-state index contributed by atoms with van der Waals surface area (Å²) in [6.07, 6.45) is 10.0. The zero-order valence-electron chi connectivity index (χ0n) is 11.9. The quantitative estimate of drug-likeness (QED) is 0.777. The van der Waals surface area contributed by atoms with Crippen LogP contribution in [0.15, 0.2) is 39.6 Å². The Kier molecular flexibility index (Phi) is 3.72. The molecule has 1 heterocycles. The highest BCUT2D eigenvalue weighted by atomic mass is 16.3. The van der Waals surface area contributed by atoms with Gasteiger partial charge in [0.15, 0.2) is 5.43 Å². The van der Waals surface area contributed by atoms with Gasteiger partial charge in [-0.2, -0.15) is 0 Å². The van der Waals surface area contributed by atoms with Crippen molar-refractivity contribution < 1.29 is 4.42 Å². The number of hydrogen-bond acceptors (Lipinski definition) is 2. The molecule has 0 saturated heterocycles. The van der Waals surface area contributed by atoms with Gasteiger partial charge < -0.3 is 4.42 Å². The zero-order chi connectivity index (χ0) is 13.9. The first-order chi connectivity index (χ1) is 9.79. The molecule has 0 N–H and O–H groups in total. The second-order valence-electron chi connectivity index (χ2n) is 5.57. The lowest BCUT2D eigenvalue weighted by Gasteiger charge is -2.20. The van der Waals surface area contributed by atoms with Gasteiger partial charge in [-0.1, -0.05) is 43.5 Å². The molecule has 1 aromatic heterocycles. The Bertz CT molecular complexity index is 688. The largest absolute Gasteiger partial charge is 0.460 e. The number of fused-ring (bicyclic) bond motifs is 1. The monoisotopic (exact) mass is 268 g/mol. The van der Waals surface area contributed by atoms with E-state index < -0.39 is 0 Å². The van der Waals surface area contributed by atoms with Crippen molar-refractivity contribution in [1.82, 2.24) is 0 Å². The van der Waals surface area contributed by atoms with Crippen molar-refractivity contribution in [2.24, 2.45) is 0 Å². The van der Waals surface area contributed by atoms with Crippen molar-refractivity contribution in [2.45, 2.75) is 44.9 Å². The van der Waals surface area contributed by atoms with E-state index in [4.69, 9.17) is 4.42 Å². The number of para-hydroxylation sites is 1. The van der Waals surface area contributed by atoms with E-state index in [9.17, 15) is 4.79 Å². The molecule has 2 nitrogen and oxygen atoms in total. The van der Waals surface area contributed by atoms with Gasteiger partial charge in [0.1, 0.15) is 11.3 Å². The molecule has 0 unspecified atom stereocenters. The van der Waals surface area contributed by atoms with E-state index in [0.29, 0.717) is 11.3 Å². The van der Waals surface area contributed by atoms with Crippen LogP contribution in [0.25, 0.3) is 17.0 Å². The van der Waals surface area contributed by atoms with Crippen molar-refractivity contribution in [2.75, 3.05) is 0 Å². The van der Waals surface area contributed by atoms with Crippen LogP contribution in [-0.4, -0.2) is 0 Å². The molecule has 3 rings (SSSR count). The van der Waals surface area contributed by atoms with Gasteiger partial charge in [0, 0.05) is 17.5 Å². The minimum Gasteiger partial charge on any atom is -0.460 e. The molecule has 2 heteroatoms. The Morgan fingerprint density at radius 3 is 2.75 bits per heavy atom. The highest BCUT2D eigenvalue weighted by Crippen LogP contribution is 2.33. The van der Waals surface area contributed by atoms with E-state index in [-0.39, 0.29) is 5.43 Å². The van der Waals surface area contributed by atoms with Gasteiger partial charge in [-0.05, 0) is 25.8 Å². The van der Waals surface area contributed by atoms with Crippen LogP contribution in [0.3, 0.4) is 0 Å². The predicted octanol–water partition coefficient (Wildman–Crippen LogP) is 4.87. The first-order valence-corrected chi connectivity index (χ1v) is 7.49. The van der Waals surface area contributed by atoms with Gasteiger partial charge in [0.05, 0.1) is 5.39 Å². The second-order valence-corrected chi connectivity index (χ2v) is 5.57. The molecule has 20 heavy (non-hydrogen) atoms. The molecule has 0 atom stereocenters. The van der Waals surface area contributed by atoms with E-state index in [1.54, 1.807) is 6.07 Å². The van der Waals surface area contributed by atoms with Crippen LogP contribution >= 0.6 is 0 Å². The molecule has 104 valence electrons. The van der Waals surface area contributed by atoms with Crippen LogP contribution in [-0.2, 0) is 0 Å². The zero-order valence-corrected chi connectivity index (χ0v) is 11.9. The normalized spacial score (nSPS) is 17.1. The Morgan fingerprint density at radius 1 is 1.20 bits per heavy atom. The first kappa shape index (κ1) is 13.2. The average molecular weight is 268 g/mol. The van der Waals surface area contributed by atoms with E-state index >= 15 is 0 Å². The summed E-state index contributed by atoms with van der Waals surface area (Å²) in [4.78, 5) is 12.3. The summed E-state index contributed by atoms with van der Waals surface area (Å²) in [7, 11) is 0. The van der Waals surface area contributed by atoms with Crippen molar-refractivity contribution in [3.05, 3.63) is 51.9 Å². The van der Waals surface area contributed by atoms with Crippen LogP contribution in [0.1, 0.15) is 56.3 Å². The summed E-state index contributed by atoms with van der Waals surface area (Å²) in [6, 6.07) is 7.46. The van der Waals surface area contributed by atoms with E-state index in [2.05, 4.69) is 0 Å². The molecule has 0 radical (unpaired) electrons. The lowest BCUT2D eigenvalue weighted by atomic mass is 9.87. The third-order valence-corrected chi connectivity index (χ3v) is 4.16. The molecular formula is C18H20O2. The number of hydrogen-bond donors (Lipinski definition) is 0. The SMILES string of the molecule is CC=Cc1cccc2c(=O)cc(C3CCCCC3)oc12. The Labute approximate surface area is 119 Å². The third kappa shape index (κ3) is 2.43. The van der Waals surface area contributed by atoms with Crippen LogP contribution in [0, 0.1) is 0 Å². The minimum atomic E-state index is 0.0816. The molecule has 1 aliphatic carbocycles. The third-order valence-electron chi connectivity index (χ3n) is 4.16. The predicted molar refractivity (Wildman–Crippen MR) is 83.0 cm³/mol. The molecule has 0 amide bonds. The summed E-state index contributed by atoms with van der Waals surface area (Å²) >= 11 is 0. The molecule has 0 aliphatic heterocycles. The van der Waals surface area contributed by atoms with Crippen LogP contribution in [0.4, 0.5) is 0 Å². The fourth-order valence-electron chi connectivity index (χ4n) is 3.12. The van der Waals surface area contributed by atoms with Gasteiger partial charge in [-0.3, -0.25) is 4.79 Å². The number of benzene rings is 1. The first-order valence-electron chi connectivity index (χ1n) is 7.49. The smallest absolute Gasteiger partial charge is 0.192 e. The molecular weight excluding hydrogens is 248 g/mol. The lowest BCUT2D eigenvalue weighted by molar-refractivity contribution is 0.380. The van der Waals surface area contributed by atoms with Gasteiger partial charge in [0.2, 0.25) is 0 Å². The topological polar surface area (TPSA) is 30.2 Å². The van der Waals surface area contributed by atoms with E-state index in [1.807, 2.05) is 37.3 Å². The molecule has 1 aliphatic rings. The van der Waals surface area contributed by atoms with Crippen molar-refractivity contribution in [3.8, 4) is 0 Å². The van der Waals surface area contributed by atoms with Crippen molar-refractivity contribution >= 4 is 17.0 Å². The number of rotatable bonds is 2. The summed E-state index contributed by atoms with van der Waals surface area (Å²) in [5, 5.41) is 0.681. The summed E-state index contributed by atoms with van der Waals surface area (Å²) in [5.41, 5.74) is 1.80.